The summed E-state index contributed by atoms with van der Waals surface area (Å²) in [7, 11) is 0. The molecule has 84 valence electrons. The van der Waals surface area contributed by atoms with E-state index in [9.17, 15) is 4.79 Å². The van der Waals surface area contributed by atoms with Gasteiger partial charge in [-0.25, -0.2) is 0 Å². The molecule has 0 amide bonds. The average molecular weight is 267 g/mol. The van der Waals surface area contributed by atoms with E-state index in [0.29, 0.717) is 13.0 Å². The molecule has 4 heteroatoms. The topological polar surface area (TPSA) is 46.5 Å². The van der Waals surface area contributed by atoms with Crippen LogP contribution in [0.2, 0.25) is 0 Å². The largest absolute Gasteiger partial charge is 0.466 e. The number of hydrogen-bond donors (Lipinski definition) is 1. The van der Waals surface area contributed by atoms with Gasteiger partial charge in [-0.3, -0.25) is 4.79 Å². The number of aliphatic hydroxyl groups excluding tert-OH is 1. The highest BCUT2D eigenvalue weighted by atomic mass is 79.9. The average Bonchev–Trinajstić information content (AvgIpc) is 2.20. The van der Waals surface area contributed by atoms with Crippen LogP contribution in [0.15, 0.2) is 0 Å². The van der Waals surface area contributed by atoms with Crippen LogP contribution in [-0.4, -0.2) is 29.6 Å². The van der Waals surface area contributed by atoms with Gasteiger partial charge < -0.3 is 9.84 Å². The summed E-state index contributed by atoms with van der Waals surface area (Å²) in [5.41, 5.74) is 0. The van der Waals surface area contributed by atoms with Gasteiger partial charge in [0.15, 0.2) is 0 Å². The fourth-order valence-electron chi connectivity index (χ4n) is 1.04. The predicted octanol–water partition coefficient (Wildman–Crippen LogP) is 2.26. The van der Waals surface area contributed by atoms with Crippen molar-refractivity contribution in [1.82, 2.24) is 0 Å². The molecule has 0 rings (SSSR count). The van der Waals surface area contributed by atoms with Gasteiger partial charge in [0, 0.05) is 18.4 Å². The number of carbonyl (C=O) groups is 1. The Morgan fingerprint density at radius 2 is 1.86 bits per heavy atom. The van der Waals surface area contributed by atoms with Gasteiger partial charge in [0.25, 0.3) is 0 Å². The van der Waals surface area contributed by atoms with Crippen molar-refractivity contribution in [2.24, 2.45) is 0 Å². The number of alkyl halides is 1. The number of aliphatic hydroxyl groups is 1. The first-order valence-corrected chi connectivity index (χ1v) is 6.26. The van der Waals surface area contributed by atoms with E-state index < -0.39 is 0 Å². The molecule has 0 saturated heterocycles. The van der Waals surface area contributed by atoms with Crippen molar-refractivity contribution < 1.29 is 14.6 Å². The van der Waals surface area contributed by atoms with Gasteiger partial charge in [-0.2, -0.15) is 0 Å². The summed E-state index contributed by atoms with van der Waals surface area (Å²) < 4.78 is 5.00. The van der Waals surface area contributed by atoms with E-state index >= 15 is 0 Å². The summed E-state index contributed by atoms with van der Waals surface area (Å²) in [6.07, 6.45) is 5.12. The summed E-state index contributed by atoms with van der Waals surface area (Å²) >= 11 is 3.26. The maximum atomic E-state index is 11.0. The Hall–Kier alpha value is -0.0900. The highest BCUT2D eigenvalue weighted by molar-refractivity contribution is 9.09. The Bertz CT molecular complexity index is 139. The lowest BCUT2D eigenvalue weighted by atomic mass is 10.2. The van der Waals surface area contributed by atoms with Gasteiger partial charge in [0.2, 0.25) is 0 Å². The van der Waals surface area contributed by atoms with Crippen LogP contribution in [0.4, 0.5) is 0 Å². The molecule has 0 aromatic rings. The maximum Gasteiger partial charge on any atom is 0.305 e. The third-order valence-corrected chi connectivity index (χ3v) is 2.39. The molecular formula is C10H19BrO3. The number of carbonyl (C=O) groups excluding carboxylic acids is 1. The number of hydrogen-bond acceptors (Lipinski definition) is 3. The Kier molecular flexibility index (Phi) is 10.9. The molecule has 0 aliphatic heterocycles. The molecule has 0 fully saturated rings. The maximum absolute atomic E-state index is 11.0. The minimum atomic E-state index is -0.105. The molecule has 0 radical (unpaired) electrons. The second kappa shape index (κ2) is 11.0. The molecule has 0 aromatic heterocycles. The molecule has 1 N–H and O–H groups in total. The normalized spacial score (nSPS) is 10.1. The lowest BCUT2D eigenvalue weighted by molar-refractivity contribution is -0.143. The molecular weight excluding hydrogens is 248 g/mol. The molecule has 0 bridgehead atoms. The standard InChI is InChI=1S/C10H19BrO3/c11-7-5-6-10(13)14-9-4-2-1-3-8-12/h12H,1-9H2. The third-order valence-electron chi connectivity index (χ3n) is 1.83. The van der Waals surface area contributed by atoms with Crippen LogP contribution in [-0.2, 0) is 9.53 Å². The van der Waals surface area contributed by atoms with Crippen molar-refractivity contribution in [2.75, 3.05) is 18.5 Å². The zero-order chi connectivity index (χ0) is 10.6. The molecule has 0 spiro atoms. The Morgan fingerprint density at radius 1 is 1.14 bits per heavy atom. The van der Waals surface area contributed by atoms with Crippen LogP contribution >= 0.6 is 15.9 Å². The summed E-state index contributed by atoms with van der Waals surface area (Å²) in [5.74, 6) is -0.105. The van der Waals surface area contributed by atoms with E-state index in [2.05, 4.69) is 15.9 Å². The van der Waals surface area contributed by atoms with Crippen LogP contribution in [0.3, 0.4) is 0 Å². The molecule has 0 aliphatic rings. The molecule has 14 heavy (non-hydrogen) atoms. The highest BCUT2D eigenvalue weighted by Crippen LogP contribution is 2.01. The van der Waals surface area contributed by atoms with E-state index in [1.54, 1.807) is 0 Å². The van der Waals surface area contributed by atoms with Crippen LogP contribution in [0, 0.1) is 0 Å². The predicted molar refractivity (Wildman–Crippen MR) is 59.5 cm³/mol. The minimum absolute atomic E-state index is 0.105. The number of esters is 1. The van der Waals surface area contributed by atoms with Crippen molar-refractivity contribution in [3.8, 4) is 0 Å². The first-order chi connectivity index (χ1) is 6.81. The molecule has 0 unspecified atom stereocenters. The molecule has 0 heterocycles. The van der Waals surface area contributed by atoms with Gasteiger partial charge in [0.05, 0.1) is 6.61 Å². The molecule has 0 aliphatic carbocycles. The first-order valence-electron chi connectivity index (χ1n) is 5.13. The number of rotatable bonds is 9. The van der Waals surface area contributed by atoms with Crippen LogP contribution < -0.4 is 0 Å². The Labute approximate surface area is 94.0 Å². The van der Waals surface area contributed by atoms with E-state index in [-0.39, 0.29) is 12.6 Å². The van der Waals surface area contributed by atoms with Gasteiger partial charge in [-0.15, -0.1) is 0 Å². The van der Waals surface area contributed by atoms with Gasteiger partial charge >= 0.3 is 5.97 Å². The fourth-order valence-corrected chi connectivity index (χ4v) is 1.32. The zero-order valence-electron chi connectivity index (χ0n) is 8.51. The summed E-state index contributed by atoms with van der Waals surface area (Å²) in [6, 6.07) is 0. The number of halogens is 1. The lowest BCUT2D eigenvalue weighted by Gasteiger charge is -2.03. The fraction of sp³-hybridized carbons (Fsp3) is 0.900. The van der Waals surface area contributed by atoms with Crippen molar-refractivity contribution in [3.05, 3.63) is 0 Å². The van der Waals surface area contributed by atoms with E-state index in [4.69, 9.17) is 9.84 Å². The van der Waals surface area contributed by atoms with Gasteiger partial charge in [-0.1, -0.05) is 22.4 Å². The SMILES string of the molecule is O=C(CCCBr)OCCCCCCO. The van der Waals surface area contributed by atoms with Crippen molar-refractivity contribution in [2.45, 2.75) is 38.5 Å². The van der Waals surface area contributed by atoms with E-state index in [1.807, 2.05) is 0 Å². The quantitative estimate of drug-likeness (QED) is 0.396. The van der Waals surface area contributed by atoms with Crippen molar-refractivity contribution in [3.63, 3.8) is 0 Å². The van der Waals surface area contributed by atoms with E-state index in [1.165, 1.54) is 0 Å². The summed E-state index contributed by atoms with van der Waals surface area (Å²) in [5, 5.41) is 9.36. The van der Waals surface area contributed by atoms with Crippen LogP contribution in [0.1, 0.15) is 38.5 Å². The molecule has 3 nitrogen and oxygen atoms in total. The smallest absolute Gasteiger partial charge is 0.305 e. The first kappa shape index (κ1) is 13.9. The summed E-state index contributed by atoms with van der Waals surface area (Å²) in [6.45, 7) is 0.775. The lowest BCUT2D eigenvalue weighted by Crippen LogP contribution is -2.05. The van der Waals surface area contributed by atoms with Gasteiger partial charge in [-0.05, 0) is 25.7 Å². The molecule has 0 aromatic carbocycles. The van der Waals surface area contributed by atoms with E-state index in [0.717, 1.165) is 37.4 Å². The zero-order valence-corrected chi connectivity index (χ0v) is 10.1. The van der Waals surface area contributed by atoms with Gasteiger partial charge in [0.1, 0.15) is 0 Å². The third kappa shape index (κ3) is 9.99. The number of ether oxygens (including phenoxy) is 1. The highest BCUT2D eigenvalue weighted by Gasteiger charge is 2.00. The Morgan fingerprint density at radius 3 is 2.50 bits per heavy atom. The second-order valence-corrected chi connectivity index (χ2v) is 3.94. The Balaban J connectivity index is 3.07. The monoisotopic (exact) mass is 266 g/mol. The second-order valence-electron chi connectivity index (χ2n) is 3.15. The van der Waals surface area contributed by atoms with Crippen LogP contribution in [0.25, 0.3) is 0 Å². The molecule has 0 saturated carbocycles. The minimum Gasteiger partial charge on any atom is -0.466 e. The molecule has 0 atom stereocenters. The van der Waals surface area contributed by atoms with Crippen molar-refractivity contribution >= 4 is 21.9 Å². The summed E-state index contributed by atoms with van der Waals surface area (Å²) in [4.78, 5) is 11.0. The van der Waals surface area contributed by atoms with Crippen molar-refractivity contribution in [1.29, 1.82) is 0 Å². The number of unbranched alkanes of at least 4 members (excludes halogenated alkanes) is 3. The van der Waals surface area contributed by atoms with Crippen LogP contribution in [0.5, 0.6) is 0 Å².